The fourth-order valence-electron chi connectivity index (χ4n) is 2.92. The molecule has 1 saturated heterocycles. The van der Waals surface area contributed by atoms with Crippen molar-refractivity contribution in [1.82, 2.24) is 4.90 Å². The number of carbonyl (C=O) groups is 1. The minimum atomic E-state index is 0.224. The average molecular weight is 274 g/mol. The smallest absolute Gasteiger partial charge is 0.226 e. The molecular formula is C12H20BrNO. The first-order valence-electron chi connectivity index (χ1n) is 5.93. The van der Waals surface area contributed by atoms with E-state index in [2.05, 4.69) is 34.7 Å². The number of likely N-dealkylation sites (tertiary alicyclic amines) is 1. The molecule has 0 aromatic carbocycles. The highest BCUT2D eigenvalue weighted by Crippen LogP contribution is 2.43. The van der Waals surface area contributed by atoms with Gasteiger partial charge in [0.25, 0.3) is 0 Å². The summed E-state index contributed by atoms with van der Waals surface area (Å²) in [7, 11) is 0. The summed E-state index contributed by atoms with van der Waals surface area (Å²) >= 11 is 3.59. The predicted molar refractivity (Wildman–Crippen MR) is 65.0 cm³/mol. The van der Waals surface area contributed by atoms with Crippen molar-refractivity contribution in [2.45, 2.75) is 44.4 Å². The van der Waals surface area contributed by atoms with Gasteiger partial charge in [-0.25, -0.2) is 0 Å². The molecule has 1 aliphatic carbocycles. The van der Waals surface area contributed by atoms with Crippen molar-refractivity contribution in [3.8, 4) is 0 Å². The first-order chi connectivity index (χ1) is 7.00. The molecule has 2 nitrogen and oxygen atoms in total. The van der Waals surface area contributed by atoms with Crippen molar-refractivity contribution >= 4 is 21.8 Å². The monoisotopic (exact) mass is 273 g/mol. The molecule has 2 aliphatic rings. The Morgan fingerprint density at radius 1 is 1.40 bits per heavy atom. The lowest BCUT2D eigenvalue weighted by molar-refractivity contribution is -0.137. The van der Waals surface area contributed by atoms with Crippen LogP contribution < -0.4 is 0 Å². The molecule has 0 aromatic rings. The molecule has 0 N–H and O–H groups in total. The van der Waals surface area contributed by atoms with Gasteiger partial charge in [0.15, 0.2) is 0 Å². The molecule has 2 atom stereocenters. The largest absolute Gasteiger partial charge is 0.341 e. The topological polar surface area (TPSA) is 20.3 Å². The van der Waals surface area contributed by atoms with Gasteiger partial charge in [-0.15, -0.1) is 0 Å². The predicted octanol–water partition coefficient (Wildman–Crippen LogP) is 2.81. The van der Waals surface area contributed by atoms with Gasteiger partial charge in [-0.2, -0.15) is 0 Å². The third kappa shape index (κ3) is 2.22. The number of alkyl halides is 1. The maximum atomic E-state index is 12.3. The van der Waals surface area contributed by atoms with Crippen molar-refractivity contribution < 1.29 is 4.79 Å². The first-order valence-corrected chi connectivity index (χ1v) is 6.85. The Kier molecular flexibility index (Phi) is 3.11. The summed E-state index contributed by atoms with van der Waals surface area (Å²) in [6, 6.07) is 0. The molecule has 3 heteroatoms. The molecular weight excluding hydrogens is 254 g/mol. The lowest BCUT2D eigenvalue weighted by Gasteiger charge is -2.29. The van der Waals surface area contributed by atoms with E-state index < -0.39 is 0 Å². The van der Waals surface area contributed by atoms with Crippen LogP contribution in [0.1, 0.15) is 39.5 Å². The molecule has 0 bridgehead atoms. The van der Waals surface area contributed by atoms with Crippen molar-refractivity contribution in [3.05, 3.63) is 0 Å². The summed E-state index contributed by atoms with van der Waals surface area (Å²) in [6.45, 7) is 6.33. The second-order valence-electron chi connectivity index (χ2n) is 5.60. The third-order valence-electron chi connectivity index (χ3n) is 4.00. The van der Waals surface area contributed by atoms with E-state index in [1.165, 1.54) is 12.8 Å². The molecule has 1 amide bonds. The molecule has 2 rings (SSSR count). The average Bonchev–Trinajstić information content (AvgIpc) is 2.70. The quantitative estimate of drug-likeness (QED) is 0.673. The zero-order valence-corrected chi connectivity index (χ0v) is 11.2. The highest BCUT2D eigenvalue weighted by Gasteiger charge is 2.42. The summed E-state index contributed by atoms with van der Waals surface area (Å²) in [5, 5.41) is 0. The van der Waals surface area contributed by atoms with Crippen LogP contribution in [0, 0.1) is 11.3 Å². The Morgan fingerprint density at radius 3 is 2.60 bits per heavy atom. The van der Waals surface area contributed by atoms with Gasteiger partial charge in [-0.1, -0.05) is 36.2 Å². The van der Waals surface area contributed by atoms with Gasteiger partial charge < -0.3 is 4.90 Å². The van der Waals surface area contributed by atoms with Crippen LogP contribution in [-0.4, -0.2) is 28.7 Å². The second-order valence-corrected chi connectivity index (χ2v) is 6.90. The minimum Gasteiger partial charge on any atom is -0.341 e. The summed E-state index contributed by atoms with van der Waals surface area (Å²) in [5.41, 5.74) is 0.224. The van der Waals surface area contributed by atoms with Gasteiger partial charge in [0.1, 0.15) is 0 Å². The van der Waals surface area contributed by atoms with E-state index in [9.17, 15) is 4.79 Å². The second kappa shape index (κ2) is 4.08. The van der Waals surface area contributed by atoms with Crippen LogP contribution in [0.15, 0.2) is 0 Å². The number of halogens is 1. The van der Waals surface area contributed by atoms with Crippen molar-refractivity contribution in [2.75, 3.05) is 13.1 Å². The number of hydrogen-bond donors (Lipinski definition) is 0. The van der Waals surface area contributed by atoms with E-state index >= 15 is 0 Å². The Bertz CT molecular complexity index is 264. The van der Waals surface area contributed by atoms with Crippen LogP contribution in [0.5, 0.6) is 0 Å². The lowest BCUT2D eigenvalue weighted by atomic mass is 9.81. The summed E-state index contributed by atoms with van der Waals surface area (Å²) < 4.78 is 0. The lowest BCUT2D eigenvalue weighted by Crippen LogP contribution is -2.38. The van der Waals surface area contributed by atoms with E-state index in [1.807, 2.05) is 0 Å². The van der Waals surface area contributed by atoms with E-state index in [4.69, 9.17) is 0 Å². The van der Waals surface area contributed by atoms with Gasteiger partial charge in [-0.3, -0.25) is 4.79 Å². The Labute approximate surface area is 101 Å². The van der Waals surface area contributed by atoms with E-state index in [0.29, 0.717) is 10.7 Å². The maximum absolute atomic E-state index is 12.3. The number of rotatable bonds is 1. The number of hydrogen-bond acceptors (Lipinski definition) is 1. The number of nitrogens with zero attached hydrogens (tertiary/aromatic N) is 1. The molecule has 2 unspecified atom stereocenters. The Morgan fingerprint density at radius 2 is 2.13 bits per heavy atom. The van der Waals surface area contributed by atoms with Crippen molar-refractivity contribution in [3.63, 3.8) is 0 Å². The molecule has 15 heavy (non-hydrogen) atoms. The van der Waals surface area contributed by atoms with Crippen LogP contribution in [-0.2, 0) is 4.79 Å². The molecule has 86 valence electrons. The molecule has 1 heterocycles. The number of carbonyl (C=O) groups excluding carboxylic acids is 1. The molecule has 0 aromatic heterocycles. The van der Waals surface area contributed by atoms with E-state index in [-0.39, 0.29) is 11.3 Å². The maximum Gasteiger partial charge on any atom is 0.226 e. The fourth-order valence-corrected chi connectivity index (χ4v) is 3.48. The molecule has 2 fully saturated rings. The van der Waals surface area contributed by atoms with Gasteiger partial charge in [0, 0.05) is 23.8 Å². The standard InChI is InChI=1S/C12H20BrNO/c1-12(2)6-3-4-10(12)11(15)14-7-5-9(13)8-14/h9-10H,3-8H2,1-2H3. The van der Waals surface area contributed by atoms with Crippen LogP contribution >= 0.6 is 15.9 Å². The van der Waals surface area contributed by atoms with Crippen LogP contribution in [0.3, 0.4) is 0 Å². The zero-order valence-electron chi connectivity index (χ0n) is 9.63. The third-order valence-corrected chi connectivity index (χ3v) is 4.75. The zero-order chi connectivity index (χ0) is 11.1. The summed E-state index contributed by atoms with van der Waals surface area (Å²) in [4.78, 5) is 14.9. The molecule has 1 saturated carbocycles. The highest BCUT2D eigenvalue weighted by atomic mass is 79.9. The summed E-state index contributed by atoms with van der Waals surface area (Å²) in [6.07, 6.45) is 4.62. The molecule has 1 aliphatic heterocycles. The SMILES string of the molecule is CC1(C)CCCC1C(=O)N1CCC(Br)C1. The van der Waals surface area contributed by atoms with E-state index in [1.54, 1.807) is 0 Å². The Hall–Kier alpha value is -0.0500. The van der Waals surface area contributed by atoms with Gasteiger partial charge in [-0.05, 0) is 24.7 Å². The molecule has 0 radical (unpaired) electrons. The van der Waals surface area contributed by atoms with Crippen molar-refractivity contribution in [2.24, 2.45) is 11.3 Å². The van der Waals surface area contributed by atoms with Gasteiger partial charge >= 0.3 is 0 Å². The first kappa shape index (κ1) is 11.4. The fraction of sp³-hybridized carbons (Fsp3) is 0.917. The van der Waals surface area contributed by atoms with Crippen LogP contribution in [0.2, 0.25) is 0 Å². The van der Waals surface area contributed by atoms with Gasteiger partial charge in [0.2, 0.25) is 5.91 Å². The van der Waals surface area contributed by atoms with Crippen LogP contribution in [0.25, 0.3) is 0 Å². The van der Waals surface area contributed by atoms with Crippen molar-refractivity contribution in [1.29, 1.82) is 0 Å². The Balaban J connectivity index is 2.02. The summed E-state index contributed by atoms with van der Waals surface area (Å²) in [5.74, 6) is 0.676. The van der Waals surface area contributed by atoms with Gasteiger partial charge in [0.05, 0.1) is 0 Å². The van der Waals surface area contributed by atoms with Crippen LogP contribution in [0.4, 0.5) is 0 Å². The molecule has 0 spiro atoms. The number of amides is 1. The normalized spacial score (nSPS) is 34.7. The minimum absolute atomic E-state index is 0.224. The highest BCUT2D eigenvalue weighted by molar-refractivity contribution is 9.09. The van der Waals surface area contributed by atoms with E-state index in [0.717, 1.165) is 25.9 Å².